The van der Waals surface area contributed by atoms with Gasteiger partial charge in [0.15, 0.2) is 5.82 Å². The van der Waals surface area contributed by atoms with Crippen LogP contribution in [0.1, 0.15) is 40.7 Å². The number of nitrogens with one attached hydrogen (secondary N) is 2. The molecule has 4 N–H and O–H groups in total. The molecule has 1 amide bonds. The lowest BCUT2D eigenvalue weighted by Crippen LogP contribution is -2.35. The second-order valence-electron chi connectivity index (χ2n) is 9.20. The van der Waals surface area contributed by atoms with E-state index in [4.69, 9.17) is 5.73 Å². The summed E-state index contributed by atoms with van der Waals surface area (Å²) < 4.78 is 22.6. The summed E-state index contributed by atoms with van der Waals surface area (Å²) >= 11 is 0. The van der Waals surface area contributed by atoms with Crippen LogP contribution in [0.25, 0.3) is 22.3 Å². The molecule has 0 aliphatic heterocycles. The average Bonchev–Trinajstić information content (AvgIpc) is 3.22. The fraction of sp³-hybridized carbons (Fsp3) is 0.269. The number of hydrogen-bond donors (Lipinski definition) is 3. The summed E-state index contributed by atoms with van der Waals surface area (Å²) in [6.45, 7) is 0.0845. The summed E-state index contributed by atoms with van der Waals surface area (Å²) in [6, 6.07) is 13.1. The van der Waals surface area contributed by atoms with E-state index in [9.17, 15) is 13.2 Å². The normalized spacial score (nSPS) is 15.0. The molecule has 2 aromatic heterocycles. The first-order chi connectivity index (χ1) is 16.7. The third kappa shape index (κ3) is 4.51. The van der Waals surface area contributed by atoms with Gasteiger partial charge in [0, 0.05) is 64.5 Å². The van der Waals surface area contributed by atoms with Crippen LogP contribution in [0.5, 0.6) is 0 Å². The van der Waals surface area contributed by atoms with Gasteiger partial charge in [0.1, 0.15) is 9.84 Å². The van der Waals surface area contributed by atoms with Gasteiger partial charge in [-0.1, -0.05) is 12.5 Å². The Labute approximate surface area is 203 Å². The number of nitrogens with two attached hydrogens (primary N) is 1. The van der Waals surface area contributed by atoms with Crippen molar-refractivity contribution in [3.8, 4) is 11.4 Å². The van der Waals surface area contributed by atoms with Crippen LogP contribution < -0.4 is 11.1 Å². The van der Waals surface area contributed by atoms with Crippen molar-refractivity contribution in [3.63, 3.8) is 0 Å². The van der Waals surface area contributed by atoms with E-state index in [1.54, 1.807) is 6.07 Å². The molecule has 0 atom stereocenters. The van der Waals surface area contributed by atoms with Crippen molar-refractivity contribution >= 4 is 32.3 Å². The standard InChI is InChI=1S/C26H27N5O3S/c1-35(33,34)12-11-28-25(32)18-5-8-21-22(16-29-23(21)13-18)26(9-2-10-26)19-14-30-24(31-15-19)17-3-6-20(27)7-4-17/h3-8,13-16,29H,2,9-12,27H2,1H3,(H,28,32). The van der Waals surface area contributed by atoms with Gasteiger partial charge in [-0.3, -0.25) is 4.79 Å². The number of rotatable bonds is 7. The topological polar surface area (TPSA) is 131 Å². The summed E-state index contributed by atoms with van der Waals surface area (Å²) in [4.78, 5) is 25.1. The summed E-state index contributed by atoms with van der Waals surface area (Å²) in [6.07, 6.45) is 10.1. The number of benzene rings is 2. The van der Waals surface area contributed by atoms with Crippen LogP contribution in [0.2, 0.25) is 0 Å². The second kappa shape index (κ2) is 8.81. The Bertz CT molecular complexity index is 1490. The van der Waals surface area contributed by atoms with E-state index in [2.05, 4.69) is 20.3 Å². The molecule has 4 aromatic rings. The van der Waals surface area contributed by atoms with Gasteiger partial charge in [0.05, 0.1) is 5.75 Å². The smallest absolute Gasteiger partial charge is 0.251 e. The van der Waals surface area contributed by atoms with Crippen LogP contribution in [-0.2, 0) is 15.3 Å². The minimum atomic E-state index is -3.13. The molecule has 1 aliphatic carbocycles. The Morgan fingerprint density at radius 1 is 1.11 bits per heavy atom. The summed E-state index contributed by atoms with van der Waals surface area (Å²) in [7, 11) is -3.13. The van der Waals surface area contributed by atoms with E-state index in [0.717, 1.165) is 47.5 Å². The molecule has 35 heavy (non-hydrogen) atoms. The van der Waals surface area contributed by atoms with Crippen molar-refractivity contribution in [2.45, 2.75) is 24.7 Å². The number of amides is 1. The quantitative estimate of drug-likeness (QED) is 0.341. The van der Waals surface area contributed by atoms with E-state index in [1.165, 1.54) is 5.56 Å². The van der Waals surface area contributed by atoms with Crippen LogP contribution in [-0.4, -0.2) is 47.8 Å². The number of anilines is 1. The molecule has 0 bridgehead atoms. The monoisotopic (exact) mass is 489 g/mol. The number of sulfone groups is 1. The molecule has 1 aliphatic rings. The maximum Gasteiger partial charge on any atom is 0.251 e. The van der Waals surface area contributed by atoms with E-state index in [1.807, 2.05) is 55.0 Å². The van der Waals surface area contributed by atoms with Gasteiger partial charge in [-0.2, -0.15) is 0 Å². The predicted octanol–water partition coefficient (Wildman–Crippen LogP) is 3.45. The maximum absolute atomic E-state index is 12.5. The number of carbonyl (C=O) groups excluding carboxylic acids is 1. The van der Waals surface area contributed by atoms with Crippen molar-refractivity contribution in [1.29, 1.82) is 0 Å². The zero-order valence-corrected chi connectivity index (χ0v) is 20.2. The second-order valence-corrected chi connectivity index (χ2v) is 11.5. The Morgan fingerprint density at radius 3 is 2.46 bits per heavy atom. The molecule has 180 valence electrons. The van der Waals surface area contributed by atoms with Crippen LogP contribution in [0.4, 0.5) is 5.69 Å². The largest absolute Gasteiger partial charge is 0.399 e. The van der Waals surface area contributed by atoms with Gasteiger partial charge >= 0.3 is 0 Å². The number of aromatic amines is 1. The number of H-pyrrole nitrogens is 1. The minimum absolute atomic E-state index is 0.0845. The van der Waals surface area contributed by atoms with Gasteiger partial charge in [-0.05, 0) is 60.4 Å². The first-order valence-electron chi connectivity index (χ1n) is 11.5. The number of nitrogen functional groups attached to an aromatic ring is 1. The van der Waals surface area contributed by atoms with Crippen LogP contribution in [0.15, 0.2) is 61.1 Å². The Morgan fingerprint density at radius 2 is 1.83 bits per heavy atom. The van der Waals surface area contributed by atoms with E-state index >= 15 is 0 Å². The molecule has 8 nitrogen and oxygen atoms in total. The van der Waals surface area contributed by atoms with Gasteiger partial charge in [0.2, 0.25) is 0 Å². The van der Waals surface area contributed by atoms with Crippen LogP contribution in [0, 0.1) is 0 Å². The van der Waals surface area contributed by atoms with E-state index in [0.29, 0.717) is 17.1 Å². The summed E-state index contributed by atoms with van der Waals surface area (Å²) in [5.74, 6) is 0.278. The minimum Gasteiger partial charge on any atom is -0.399 e. The zero-order chi connectivity index (χ0) is 24.6. The molecule has 1 fully saturated rings. The predicted molar refractivity (Wildman–Crippen MR) is 137 cm³/mol. The van der Waals surface area contributed by atoms with Crippen molar-refractivity contribution in [2.24, 2.45) is 0 Å². The van der Waals surface area contributed by atoms with Crippen LogP contribution >= 0.6 is 0 Å². The molecule has 0 spiro atoms. The Balaban J connectivity index is 1.40. The molecule has 2 heterocycles. The lowest BCUT2D eigenvalue weighted by atomic mass is 9.61. The lowest BCUT2D eigenvalue weighted by Gasteiger charge is -2.42. The molecule has 0 saturated heterocycles. The van der Waals surface area contributed by atoms with Crippen molar-refractivity contribution in [3.05, 3.63) is 77.7 Å². The van der Waals surface area contributed by atoms with Crippen molar-refractivity contribution in [2.75, 3.05) is 24.3 Å². The van der Waals surface area contributed by atoms with Gasteiger partial charge in [-0.15, -0.1) is 0 Å². The van der Waals surface area contributed by atoms with Gasteiger partial charge in [-0.25, -0.2) is 18.4 Å². The number of hydrogen-bond acceptors (Lipinski definition) is 6. The fourth-order valence-corrected chi connectivity index (χ4v) is 5.19. The molecular weight excluding hydrogens is 462 g/mol. The fourth-order valence-electron chi connectivity index (χ4n) is 4.72. The van der Waals surface area contributed by atoms with Crippen molar-refractivity contribution in [1.82, 2.24) is 20.3 Å². The zero-order valence-electron chi connectivity index (χ0n) is 19.4. The SMILES string of the molecule is CS(=O)(=O)CCNC(=O)c1ccc2c(C3(c4cnc(-c5ccc(N)cc5)nc4)CCC3)c[nH]c2c1. The van der Waals surface area contributed by atoms with Gasteiger partial charge in [0.25, 0.3) is 5.91 Å². The number of aromatic nitrogens is 3. The highest BCUT2D eigenvalue weighted by molar-refractivity contribution is 7.90. The average molecular weight is 490 g/mol. The highest BCUT2D eigenvalue weighted by Gasteiger charge is 2.42. The molecule has 0 radical (unpaired) electrons. The van der Waals surface area contributed by atoms with Gasteiger partial charge < -0.3 is 16.0 Å². The third-order valence-electron chi connectivity index (χ3n) is 6.80. The van der Waals surface area contributed by atoms with Crippen LogP contribution in [0.3, 0.4) is 0 Å². The highest BCUT2D eigenvalue weighted by atomic mass is 32.2. The number of carbonyl (C=O) groups is 1. The molecule has 1 saturated carbocycles. The first-order valence-corrected chi connectivity index (χ1v) is 13.6. The molecule has 9 heteroatoms. The van der Waals surface area contributed by atoms with Crippen molar-refractivity contribution < 1.29 is 13.2 Å². The van der Waals surface area contributed by atoms with E-state index in [-0.39, 0.29) is 23.6 Å². The molecular formula is C26H27N5O3S. The molecule has 5 rings (SSSR count). The summed E-state index contributed by atoms with van der Waals surface area (Å²) in [5.41, 5.74) is 10.8. The Kier molecular flexibility index (Phi) is 5.80. The molecule has 0 unspecified atom stereocenters. The molecule has 2 aromatic carbocycles. The third-order valence-corrected chi connectivity index (χ3v) is 7.74. The number of nitrogens with zero attached hydrogens (tertiary/aromatic N) is 2. The van der Waals surface area contributed by atoms with E-state index < -0.39 is 9.84 Å². The number of fused-ring (bicyclic) bond motifs is 1. The lowest BCUT2D eigenvalue weighted by molar-refractivity contribution is 0.0956. The maximum atomic E-state index is 12.5. The first kappa shape index (κ1) is 23.0. The summed E-state index contributed by atoms with van der Waals surface area (Å²) in [5, 5.41) is 3.73. The highest BCUT2D eigenvalue weighted by Crippen LogP contribution is 2.50. The Hall–Kier alpha value is -3.72.